The van der Waals surface area contributed by atoms with E-state index < -0.39 is 0 Å². The van der Waals surface area contributed by atoms with Crippen molar-refractivity contribution in [3.8, 4) is 5.75 Å². The van der Waals surface area contributed by atoms with Gasteiger partial charge in [0.25, 0.3) is 0 Å². The Morgan fingerprint density at radius 1 is 1.33 bits per heavy atom. The average Bonchev–Trinajstić information content (AvgIpc) is 2.49. The third-order valence-electron chi connectivity index (χ3n) is 3.44. The molecule has 0 fully saturated rings. The number of anilines is 2. The zero-order valence-corrected chi connectivity index (χ0v) is 12.7. The van der Waals surface area contributed by atoms with Crippen LogP contribution in [-0.4, -0.2) is 37.6 Å². The SMILES string of the molecule is COc1cccc(C(CNc2ccncc2N)N(C)C)c1. The Morgan fingerprint density at radius 3 is 2.81 bits per heavy atom. The lowest BCUT2D eigenvalue weighted by molar-refractivity contribution is 0.310. The van der Waals surface area contributed by atoms with Gasteiger partial charge in [0.2, 0.25) is 0 Å². The molecule has 1 heterocycles. The number of benzene rings is 1. The van der Waals surface area contributed by atoms with Crippen LogP contribution in [0.2, 0.25) is 0 Å². The van der Waals surface area contributed by atoms with E-state index in [4.69, 9.17) is 10.5 Å². The second kappa shape index (κ2) is 6.95. The Balaban J connectivity index is 2.14. The molecular weight excluding hydrogens is 264 g/mol. The number of pyridine rings is 1. The highest BCUT2D eigenvalue weighted by molar-refractivity contribution is 5.64. The number of rotatable bonds is 6. The lowest BCUT2D eigenvalue weighted by Crippen LogP contribution is -2.27. The average molecular weight is 286 g/mol. The van der Waals surface area contributed by atoms with E-state index in [2.05, 4.69) is 41.4 Å². The minimum absolute atomic E-state index is 0.215. The number of likely N-dealkylation sites (N-methyl/N-ethyl adjacent to an activating group) is 1. The highest BCUT2D eigenvalue weighted by Crippen LogP contribution is 2.24. The summed E-state index contributed by atoms with van der Waals surface area (Å²) in [6.07, 6.45) is 3.38. The summed E-state index contributed by atoms with van der Waals surface area (Å²) in [5.41, 5.74) is 8.66. The van der Waals surface area contributed by atoms with Crippen molar-refractivity contribution in [2.24, 2.45) is 0 Å². The largest absolute Gasteiger partial charge is 0.497 e. The van der Waals surface area contributed by atoms with E-state index in [1.54, 1.807) is 19.5 Å². The molecule has 2 rings (SSSR count). The molecule has 21 heavy (non-hydrogen) atoms. The number of hydrogen-bond donors (Lipinski definition) is 2. The zero-order chi connectivity index (χ0) is 15.2. The van der Waals surface area contributed by atoms with Gasteiger partial charge in [0, 0.05) is 12.7 Å². The molecule has 0 bridgehead atoms. The van der Waals surface area contributed by atoms with Gasteiger partial charge in [-0.3, -0.25) is 4.98 Å². The molecule has 0 saturated carbocycles. The number of methoxy groups -OCH3 is 1. The van der Waals surface area contributed by atoms with Crippen LogP contribution in [-0.2, 0) is 0 Å². The molecule has 0 radical (unpaired) electrons. The first-order chi connectivity index (χ1) is 10.1. The van der Waals surface area contributed by atoms with Gasteiger partial charge in [0.1, 0.15) is 5.75 Å². The van der Waals surface area contributed by atoms with Crippen molar-refractivity contribution >= 4 is 11.4 Å². The van der Waals surface area contributed by atoms with E-state index in [0.717, 1.165) is 18.0 Å². The smallest absolute Gasteiger partial charge is 0.119 e. The van der Waals surface area contributed by atoms with Crippen LogP contribution < -0.4 is 15.8 Å². The van der Waals surface area contributed by atoms with Crippen LogP contribution in [0.4, 0.5) is 11.4 Å². The quantitative estimate of drug-likeness (QED) is 0.853. The summed E-state index contributed by atoms with van der Waals surface area (Å²) in [5, 5.41) is 3.38. The molecule has 112 valence electrons. The number of aromatic nitrogens is 1. The van der Waals surface area contributed by atoms with E-state index in [1.807, 2.05) is 18.2 Å². The molecule has 0 saturated heterocycles. The molecule has 0 aliphatic carbocycles. The van der Waals surface area contributed by atoms with Crippen LogP contribution in [0, 0.1) is 0 Å². The van der Waals surface area contributed by atoms with Gasteiger partial charge in [0.05, 0.1) is 30.7 Å². The molecule has 1 atom stereocenters. The summed E-state index contributed by atoms with van der Waals surface area (Å²) in [7, 11) is 5.79. The summed E-state index contributed by atoms with van der Waals surface area (Å²) >= 11 is 0. The van der Waals surface area contributed by atoms with Crippen LogP contribution >= 0.6 is 0 Å². The van der Waals surface area contributed by atoms with Crippen LogP contribution in [0.15, 0.2) is 42.7 Å². The maximum Gasteiger partial charge on any atom is 0.119 e. The summed E-state index contributed by atoms with van der Waals surface area (Å²) in [4.78, 5) is 6.16. The maximum absolute atomic E-state index is 5.91. The topological polar surface area (TPSA) is 63.4 Å². The molecule has 5 heteroatoms. The van der Waals surface area contributed by atoms with E-state index in [-0.39, 0.29) is 6.04 Å². The molecule has 0 aliphatic heterocycles. The zero-order valence-electron chi connectivity index (χ0n) is 12.7. The van der Waals surface area contributed by atoms with E-state index in [1.165, 1.54) is 5.56 Å². The number of nitrogens with two attached hydrogens (primary N) is 1. The van der Waals surface area contributed by atoms with E-state index >= 15 is 0 Å². The van der Waals surface area contributed by atoms with E-state index in [0.29, 0.717) is 5.69 Å². The first-order valence-electron chi connectivity index (χ1n) is 6.85. The Labute approximate surface area is 125 Å². The second-order valence-corrected chi connectivity index (χ2v) is 5.10. The van der Waals surface area contributed by atoms with Gasteiger partial charge in [-0.25, -0.2) is 0 Å². The molecular formula is C16H22N4O. The highest BCUT2D eigenvalue weighted by Gasteiger charge is 2.15. The van der Waals surface area contributed by atoms with Crippen LogP contribution in [0.5, 0.6) is 5.75 Å². The van der Waals surface area contributed by atoms with Crippen molar-refractivity contribution < 1.29 is 4.74 Å². The lowest BCUT2D eigenvalue weighted by Gasteiger charge is -2.26. The van der Waals surface area contributed by atoms with Crippen molar-refractivity contribution in [3.05, 3.63) is 48.3 Å². The number of nitrogens with one attached hydrogen (secondary N) is 1. The fourth-order valence-electron chi connectivity index (χ4n) is 2.22. The minimum Gasteiger partial charge on any atom is -0.497 e. The Hall–Kier alpha value is -2.27. The third kappa shape index (κ3) is 3.86. The van der Waals surface area contributed by atoms with Crippen molar-refractivity contribution in [3.63, 3.8) is 0 Å². The number of hydrogen-bond acceptors (Lipinski definition) is 5. The first-order valence-corrected chi connectivity index (χ1v) is 6.85. The molecule has 0 amide bonds. The third-order valence-corrected chi connectivity index (χ3v) is 3.44. The predicted octanol–water partition coefficient (Wildman–Crippen LogP) is 2.39. The normalized spacial score (nSPS) is 12.2. The number of ether oxygens (including phenoxy) is 1. The molecule has 2 aromatic rings. The maximum atomic E-state index is 5.91. The molecule has 5 nitrogen and oxygen atoms in total. The van der Waals surface area contributed by atoms with Gasteiger partial charge in [-0.05, 0) is 37.9 Å². The molecule has 0 spiro atoms. The predicted molar refractivity (Wildman–Crippen MR) is 86.6 cm³/mol. The molecule has 3 N–H and O–H groups in total. The van der Waals surface area contributed by atoms with Crippen molar-refractivity contribution in [1.29, 1.82) is 0 Å². The Bertz CT molecular complexity index is 586. The first kappa shape index (κ1) is 15.1. The summed E-state index contributed by atoms with van der Waals surface area (Å²) < 4.78 is 5.30. The summed E-state index contributed by atoms with van der Waals surface area (Å²) in [6.45, 7) is 0.744. The standard InChI is InChI=1S/C16H22N4O/c1-20(2)16(12-5-4-6-13(9-12)21-3)11-19-15-7-8-18-10-14(15)17/h4-10,16H,11,17H2,1-3H3,(H,18,19). The fourth-order valence-corrected chi connectivity index (χ4v) is 2.22. The summed E-state index contributed by atoms with van der Waals surface area (Å²) in [6, 6.07) is 10.2. The number of nitrogen functional groups attached to an aromatic ring is 1. The fraction of sp³-hybridized carbons (Fsp3) is 0.312. The van der Waals surface area contributed by atoms with Gasteiger partial charge in [0.15, 0.2) is 0 Å². The minimum atomic E-state index is 0.215. The van der Waals surface area contributed by atoms with Crippen LogP contribution in [0.25, 0.3) is 0 Å². The Kier molecular flexibility index (Phi) is 5.00. The molecule has 0 aliphatic rings. The monoisotopic (exact) mass is 286 g/mol. The molecule has 1 unspecified atom stereocenters. The van der Waals surface area contributed by atoms with Crippen molar-refractivity contribution in [2.45, 2.75) is 6.04 Å². The molecule has 1 aromatic carbocycles. The van der Waals surface area contributed by atoms with Gasteiger partial charge in [-0.1, -0.05) is 12.1 Å². The van der Waals surface area contributed by atoms with E-state index in [9.17, 15) is 0 Å². The second-order valence-electron chi connectivity index (χ2n) is 5.10. The number of nitrogens with zero attached hydrogens (tertiary/aromatic N) is 2. The molecule has 1 aromatic heterocycles. The van der Waals surface area contributed by atoms with Crippen LogP contribution in [0.1, 0.15) is 11.6 Å². The summed E-state index contributed by atoms with van der Waals surface area (Å²) in [5.74, 6) is 0.864. The van der Waals surface area contributed by atoms with Gasteiger partial charge in [-0.2, -0.15) is 0 Å². The van der Waals surface area contributed by atoms with Crippen LogP contribution in [0.3, 0.4) is 0 Å². The lowest BCUT2D eigenvalue weighted by atomic mass is 10.1. The van der Waals surface area contributed by atoms with Gasteiger partial charge >= 0.3 is 0 Å². The van der Waals surface area contributed by atoms with Gasteiger partial charge in [-0.15, -0.1) is 0 Å². The van der Waals surface area contributed by atoms with Crippen molar-refractivity contribution in [2.75, 3.05) is 38.8 Å². The Morgan fingerprint density at radius 2 is 2.14 bits per heavy atom. The van der Waals surface area contributed by atoms with Gasteiger partial charge < -0.3 is 20.7 Å². The van der Waals surface area contributed by atoms with Crippen molar-refractivity contribution in [1.82, 2.24) is 9.88 Å². The highest BCUT2D eigenvalue weighted by atomic mass is 16.5.